The highest BCUT2D eigenvalue weighted by Gasteiger charge is 2.16. The third kappa shape index (κ3) is 5.68. The number of carbonyl (C=O) groups is 2. The molecule has 0 radical (unpaired) electrons. The van der Waals surface area contributed by atoms with Gasteiger partial charge in [-0.05, 0) is 60.2 Å². The summed E-state index contributed by atoms with van der Waals surface area (Å²) in [6.07, 6.45) is -0.665. The minimum atomic E-state index is -0.665. The van der Waals surface area contributed by atoms with Gasteiger partial charge < -0.3 is 15.4 Å². The lowest BCUT2D eigenvalue weighted by molar-refractivity contribution is -0.122. The summed E-state index contributed by atoms with van der Waals surface area (Å²) >= 11 is 1.37. The maximum absolute atomic E-state index is 12.5. The molecule has 3 rings (SSSR count). The molecule has 2 N–H and O–H groups in total. The first kappa shape index (κ1) is 20.6. The van der Waals surface area contributed by atoms with Crippen LogP contribution in [-0.4, -0.2) is 17.9 Å². The zero-order valence-corrected chi connectivity index (χ0v) is 17.5. The van der Waals surface area contributed by atoms with Crippen molar-refractivity contribution in [2.45, 2.75) is 32.8 Å². The van der Waals surface area contributed by atoms with Gasteiger partial charge in [-0.3, -0.25) is 9.59 Å². The molecule has 5 nitrogen and oxygen atoms in total. The van der Waals surface area contributed by atoms with Crippen LogP contribution < -0.4 is 15.4 Å². The fraction of sp³-hybridized carbons (Fsp3) is 0.217. The van der Waals surface area contributed by atoms with Gasteiger partial charge in [0.05, 0.1) is 4.88 Å². The Hall–Kier alpha value is -3.12. The zero-order valence-electron chi connectivity index (χ0n) is 16.6. The Labute approximate surface area is 174 Å². The standard InChI is InChI=1S/C23H24N2O3S/c1-15(2)17-7-4-10-20(13-17)28-16(3)22(26)24-18-8-5-9-19(14-18)25-23(27)21-11-6-12-29-21/h4-16H,1-3H3,(H,24,26)(H,25,27). The highest BCUT2D eigenvalue weighted by molar-refractivity contribution is 7.12. The highest BCUT2D eigenvalue weighted by Crippen LogP contribution is 2.22. The SMILES string of the molecule is CC(Oc1cccc(C(C)C)c1)C(=O)Nc1cccc(NC(=O)c2cccs2)c1. The largest absolute Gasteiger partial charge is 0.481 e. The fourth-order valence-electron chi connectivity index (χ4n) is 2.72. The van der Waals surface area contributed by atoms with Crippen molar-refractivity contribution in [3.63, 3.8) is 0 Å². The molecule has 0 aliphatic heterocycles. The fourth-order valence-corrected chi connectivity index (χ4v) is 3.34. The van der Waals surface area contributed by atoms with Gasteiger partial charge in [0.2, 0.25) is 0 Å². The average molecular weight is 409 g/mol. The molecular formula is C23H24N2O3S. The van der Waals surface area contributed by atoms with Crippen molar-refractivity contribution in [3.05, 3.63) is 76.5 Å². The summed E-state index contributed by atoms with van der Waals surface area (Å²) in [5.74, 6) is 0.609. The predicted octanol–water partition coefficient (Wildman–Crippen LogP) is 5.53. The van der Waals surface area contributed by atoms with E-state index in [-0.39, 0.29) is 11.8 Å². The topological polar surface area (TPSA) is 67.4 Å². The molecule has 1 atom stereocenters. The number of nitrogens with one attached hydrogen (secondary N) is 2. The van der Waals surface area contributed by atoms with Crippen LogP contribution in [0.2, 0.25) is 0 Å². The lowest BCUT2D eigenvalue weighted by Gasteiger charge is -2.16. The van der Waals surface area contributed by atoms with Gasteiger partial charge in [0, 0.05) is 11.4 Å². The molecular weight excluding hydrogens is 384 g/mol. The van der Waals surface area contributed by atoms with Crippen molar-refractivity contribution in [2.24, 2.45) is 0 Å². The number of hydrogen-bond donors (Lipinski definition) is 2. The van der Waals surface area contributed by atoms with Crippen LogP contribution in [0.25, 0.3) is 0 Å². The first-order chi connectivity index (χ1) is 13.9. The molecule has 0 fully saturated rings. The molecule has 0 aliphatic rings. The summed E-state index contributed by atoms with van der Waals surface area (Å²) in [4.78, 5) is 25.4. The molecule has 150 valence electrons. The summed E-state index contributed by atoms with van der Waals surface area (Å²) in [7, 11) is 0. The molecule has 1 heterocycles. The second-order valence-corrected chi connectivity index (χ2v) is 7.94. The Balaban J connectivity index is 1.61. The van der Waals surface area contributed by atoms with Gasteiger partial charge in [0.15, 0.2) is 6.10 Å². The minimum Gasteiger partial charge on any atom is -0.481 e. The van der Waals surface area contributed by atoms with E-state index in [2.05, 4.69) is 24.5 Å². The quantitative estimate of drug-likeness (QED) is 0.540. The monoisotopic (exact) mass is 408 g/mol. The van der Waals surface area contributed by atoms with Gasteiger partial charge in [0.25, 0.3) is 11.8 Å². The molecule has 0 saturated carbocycles. The van der Waals surface area contributed by atoms with Crippen LogP contribution in [0.15, 0.2) is 66.0 Å². The van der Waals surface area contributed by atoms with Crippen LogP contribution in [0.3, 0.4) is 0 Å². The Bertz CT molecular complexity index is 983. The third-order valence-electron chi connectivity index (χ3n) is 4.34. The van der Waals surface area contributed by atoms with Crippen molar-refractivity contribution in [2.75, 3.05) is 10.6 Å². The van der Waals surface area contributed by atoms with E-state index in [4.69, 9.17) is 4.74 Å². The Morgan fingerprint density at radius 1 is 0.897 bits per heavy atom. The van der Waals surface area contributed by atoms with E-state index in [1.165, 1.54) is 11.3 Å². The lowest BCUT2D eigenvalue weighted by atomic mass is 10.0. The van der Waals surface area contributed by atoms with Crippen molar-refractivity contribution in [1.82, 2.24) is 0 Å². The first-order valence-electron chi connectivity index (χ1n) is 9.45. The Morgan fingerprint density at radius 2 is 1.62 bits per heavy atom. The first-order valence-corrected chi connectivity index (χ1v) is 10.3. The van der Waals surface area contributed by atoms with Crippen LogP contribution in [0, 0.1) is 0 Å². The number of carbonyl (C=O) groups excluding carboxylic acids is 2. The predicted molar refractivity (Wildman–Crippen MR) is 118 cm³/mol. The smallest absolute Gasteiger partial charge is 0.265 e. The van der Waals surface area contributed by atoms with E-state index in [0.29, 0.717) is 27.9 Å². The highest BCUT2D eigenvalue weighted by atomic mass is 32.1. The second-order valence-electron chi connectivity index (χ2n) is 6.99. The van der Waals surface area contributed by atoms with Crippen molar-refractivity contribution in [3.8, 4) is 5.75 Å². The molecule has 3 aromatic rings. The number of anilines is 2. The van der Waals surface area contributed by atoms with Gasteiger partial charge in [-0.1, -0.05) is 38.1 Å². The number of rotatable bonds is 7. The molecule has 1 aromatic heterocycles. The van der Waals surface area contributed by atoms with E-state index in [0.717, 1.165) is 5.56 Å². The van der Waals surface area contributed by atoms with Crippen molar-refractivity contribution in [1.29, 1.82) is 0 Å². The molecule has 0 saturated heterocycles. The summed E-state index contributed by atoms with van der Waals surface area (Å²) < 4.78 is 5.80. The van der Waals surface area contributed by atoms with Crippen LogP contribution in [-0.2, 0) is 4.79 Å². The maximum atomic E-state index is 12.5. The van der Waals surface area contributed by atoms with Gasteiger partial charge in [-0.15, -0.1) is 11.3 Å². The number of hydrogen-bond acceptors (Lipinski definition) is 4. The van der Waals surface area contributed by atoms with Crippen molar-refractivity contribution < 1.29 is 14.3 Å². The van der Waals surface area contributed by atoms with E-state index in [1.807, 2.05) is 35.7 Å². The summed E-state index contributed by atoms with van der Waals surface area (Å²) in [5.41, 5.74) is 2.36. The molecule has 0 spiro atoms. The van der Waals surface area contributed by atoms with Crippen LogP contribution in [0.4, 0.5) is 11.4 Å². The van der Waals surface area contributed by atoms with E-state index < -0.39 is 6.10 Å². The average Bonchev–Trinajstić information content (AvgIpc) is 3.23. The summed E-state index contributed by atoms with van der Waals surface area (Å²) in [6, 6.07) is 18.4. The van der Waals surface area contributed by atoms with E-state index in [9.17, 15) is 9.59 Å². The Morgan fingerprint density at radius 3 is 2.31 bits per heavy atom. The summed E-state index contributed by atoms with van der Waals surface area (Å²) in [6.45, 7) is 5.93. The molecule has 0 aliphatic carbocycles. The second kappa shape index (κ2) is 9.39. The number of amides is 2. The van der Waals surface area contributed by atoms with E-state index in [1.54, 1.807) is 37.3 Å². The number of thiophene rings is 1. The lowest BCUT2D eigenvalue weighted by Crippen LogP contribution is -2.30. The molecule has 29 heavy (non-hydrogen) atoms. The summed E-state index contributed by atoms with van der Waals surface area (Å²) in [5, 5.41) is 7.52. The molecule has 0 bridgehead atoms. The van der Waals surface area contributed by atoms with Crippen LogP contribution in [0.5, 0.6) is 5.75 Å². The van der Waals surface area contributed by atoms with Gasteiger partial charge in [-0.25, -0.2) is 0 Å². The molecule has 1 unspecified atom stereocenters. The molecule has 2 amide bonds. The molecule has 6 heteroatoms. The third-order valence-corrected chi connectivity index (χ3v) is 5.21. The maximum Gasteiger partial charge on any atom is 0.265 e. The van der Waals surface area contributed by atoms with Crippen LogP contribution >= 0.6 is 11.3 Å². The normalized spacial score (nSPS) is 11.7. The zero-order chi connectivity index (χ0) is 20.8. The van der Waals surface area contributed by atoms with Crippen LogP contribution in [0.1, 0.15) is 41.9 Å². The van der Waals surface area contributed by atoms with Gasteiger partial charge in [0.1, 0.15) is 5.75 Å². The van der Waals surface area contributed by atoms with E-state index >= 15 is 0 Å². The van der Waals surface area contributed by atoms with Gasteiger partial charge >= 0.3 is 0 Å². The van der Waals surface area contributed by atoms with Crippen molar-refractivity contribution >= 4 is 34.5 Å². The van der Waals surface area contributed by atoms with Gasteiger partial charge in [-0.2, -0.15) is 0 Å². The number of benzene rings is 2. The minimum absolute atomic E-state index is 0.176. The Kier molecular flexibility index (Phi) is 6.67. The number of ether oxygens (including phenoxy) is 1. The molecule has 2 aromatic carbocycles.